The van der Waals surface area contributed by atoms with E-state index < -0.39 is 0 Å². The molecule has 0 aliphatic rings. The number of halogens is 2. The van der Waals surface area contributed by atoms with Crippen molar-refractivity contribution in [2.75, 3.05) is 5.73 Å². The van der Waals surface area contributed by atoms with Crippen molar-refractivity contribution in [3.63, 3.8) is 0 Å². The zero-order valence-corrected chi connectivity index (χ0v) is 10.6. The van der Waals surface area contributed by atoms with E-state index in [1.54, 1.807) is 6.07 Å². The lowest BCUT2D eigenvalue weighted by atomic mass is 10.1. The molecule has 0 radical (unpaired) electrons. The average Bonchev–Trinajstić information content (AvgIpc) is 2.13. The van der Waals surface area contributed by atoms with Crippen molar-refractivity contribution in [3.05, 3.63) is 22.4 Å². The van der Waals surface area contributed by atoms with Crippen molar-refractivity contribution in [2.45, 2.75) is 26.9 Å². The lowest BCUT2D eigenvalue weighted by Crippen LogP contribution is -2.19. The maximum absolute atomic E-state index is 13.1. The molecular formula is C11H15BrFNO. The molecular weight excluding hydrogens is 261 g/mol. The summed E-state index contributed by atoms with van der Waals surface area (Å²) < 4.78 is 19.1. The van der Waals surface area contributed by atoms with E-state index in [1.165, 1.54) is 6.07 Å². The number of anilines is 1. The van der Waals surface area contributed by atoms with Gasteiger partial charge in [-0.3, -0.25) is 0 Å². The second-order valence-corrected chi connectivity index (χ2v) is 4.73. The second-order valence-electron chi connectivity index (χ2n) is 3.87. The van der Waals surface area contributed by atoms with Gasteiger partial charge in [-0.2, -0.15) is 0 Å². The number of rotatable bonds is 3. The molecule has 0 saturated heterocycles. The van der Waals surface area contributed by atoms with E-state index >= 15 is 0 Å². The third kappa shape index (κ3) is 3.09. The van der Waals surface area contributed by atoms with Crippen LogP contribution in [0.25, 0.3) is 0 Å². The van der Waals surface area contributed by atoms with Gasteiger partial charge in [-0.25, -0.2) is 4.39 Å². The second kappa shape index (κ2) is 4.84. The van der Waals surface area contributed by atoms with Crippen molar-refractivity contribution in [1.82, 2.24) is 0 Å². The van der Waals surface area contributed by atoms with Gasteiger partial charge >= 0.3 is 0 Å². The molecule has 0 spiro atoms. The molecule has 1 unspecified atom stereocenters. The van der Waals surface area contributed by atoms with Crippen molar-refractivity contribution in [1.29, 1.82) is 0 Å². The van der Waals surface area contributed by atoms with Crippen molar-refractivity contribution in [2.24, 2.45) is 5.92 Å². The van der Waals surface area contributed by atoms with Gasteiger partial charge in [0.2, 0.25) is 0 Å². The summed E-state index contributed by atoms with van der Waals surface area (Å²) in [5.41, 5.74) is 5.98. The van der Waals surface area contributed by atoms with Crippen LogP contribution in [0.5, 0.6) is 5.75 Å². The summed E-state index contributed by atoms with van der Waals surface area (Å²) >= 11 is 3.10. The summed E-state index contributed by atoms with van der Waals surface area (Å²) in [6.45, 7) is 6.07. The Labute approximate surface area is 97.7 Å². The summed E-state index contributed by atoms with van der Waals surface area (Å²) in [4.78, 5) is 0. The Kier molecular flexibility index (Phi) is 3.97. The van der Waals surface area contributed by atoms with Gasteiger partial charge in [-0.05, 0) is 34.8 Å². The van der Waals surface area contributed by atoms with Crippen molar-refractivity contribution >= 4 is 21.6 Å². The van der Waals surface area contributed by atoms with E-state index in [1.807, 2.05) is 6.92 Å². The number of ether oxygens (including phenoxy) is 1. The minimum Gasteiger partial charge on any atom is -0.488 e. The molecule has 0 heterocycles. The highest BCUT2D eigenvalue weighted by Gasteiger charge is 2.12. The van der Waals surface area contributed by atoms with Crippen LogP contribution in [0.4, 0.5) is 10.1 Å². The molecule has 0 aromatic heterocycles. The van der Waals surface area contributed by atoms with E-state index in [-0.39, 0.29) is 11.9 Å². The maximum Gasteiger partial charge on any atom is 0.143 e. The standard InChI is InChI=1S/C11H15BrFNO/c1-6(2)7(3)15-11-4-8(12)9(13)5-10(11)14/h4-7H,14H2,1-3H3. The fourth-order valence-corrected chi connectivity index (χ4v) is 1.30. The van der Waals surface area contributed by atoms with Gasteiger partial charge in [0.25, 0.3) is 0 Å². The number of nitrogens with two attached hydrogens (primary N) is 1. The van der Waals surface area contributed by atoms with E-state index in [9.17, 15) is 4.39 Å². The number of hydrogen-bond donors (Lipinski definition) is 1. The van der Waals surface area contributed by atoms with Crippen LogP contribution in [0.1, 0.15) is 20.8 Å². The average molecular weight is 276 g/mol. The first-order chi connectivity index (χ1) is 6.91. The molecule has 1 atom stereocenters. The zero-order chi connectivity index (χ0) is 11.6. The van der Waals surface area contributed by atoms with Gasteiger partial charge in [0, 0.05) is 6.07 Å². The quantitative estimate of drug-likeness (QED) is 0.856. The van der Waals surface area contributed by atoms with E-state index in [4.69, 9.17) is 10.5 Å². The van der Waals surface area contributed by atoms with Gasteiger partial charge in [-0.1, -0.05) is 13.8 Å². The summed E-state index contributed by atoms with van der Waals surface area (Å²) in [5, 5.41) is 0. The highest BCUT2D eigenvalue weighted by Crippen LogP contribution is 2.30. The fourth-order valence-electron chi connectivity index (χ4n) is 0.982. The molecule has 0 aliphatic carbocycles. The highest BCUT2D eigenvalue weighted by molar-refractivity contribution is 9.10. The van der Waals surface area contributed by atoms with Gasteiger partial charge in [0.15, 0.2) is 0 Å². The summed E-state index contributed by atoms with van der Waals surface area (Å²) in [6, 6.07) is 2.82. The molecule has 1 aromatic rings. The summed E-state index contributed by atoms with van der Waals surface area (Å²) in [6.07, 6.45) is 0.0460. The first-order valence-corrected chi connectivity index (χ1v) is 5.62. The molecule has 15 heavy (non-hydrogen) atoms. The smallest absolute Gasteiger partial charge is 0.143 e. The van der Waals surface area contributed by atoms with Crippen molar-refractivity contribution in [3.8, 4) is 5.75 Å². The van der Waals surface area contributed by atoms with E-state index in [0.29, 0.717) is 21.8 Å². The Hall–Kier alpha value is -0.770. The number of benzene rings is 1. The largest absolute Gasteiger partial charge is 0.488 e. The normalized spacial score (nSPS) is 12.9. The maximum atomic E-state index is 13.1. The van der Waals surface area contributed by atoms with E-state index in [0.717, 1.165) is 0 Å². The number of hydrogen-bond acceptors (Lipinski definition) is 2. The molecule has 0 fully saturated rings. The molecule has 0 amide bonds. The minimum absolute atomic E-state index is 0.0460. The van der Waals surface area contributed by atoms with Crippen LogP contribution in [0.15, 0.2) is 16.6 Å². The molecule has 2 N–H and O–H groups in total. The molecule has 1 aromatic carbocycles. The highest BCUT2D eigenvalue weighted by atomic mass is 79.9. The Morgan fingerprint density at radius 2 is 1.93 bits per heavy atom. The molecule has 4 heteroatoms. The van der Waals surface area contributed by atoms with Crippen molar-refractivity contribution < 1.29 is 9.13 Å². The first kappa shape index (κ1) is 12.3. The van der Waals surface area contributed by atoms with E-state index in [2.05, 4.69) is 29.8 Å². The Bertz CT molecular complexity index is 355. The summed E-state index contributed by atoms with van der Waals surface area (Å²) in [7, 11) is 0. The monoisotopic (exact) mass is 275 g/mol. The first-order valence-electron chi connectivity index (χ1n) is 4.83. The van der Waals surface area contributed by atoms with Crippen LogP contribution in [0, 0.1) is 11.7 Å². The Balaban J connectivity index is 2.91. The Morgan fingerprint density at radius 3 is 2.47 bits per heavy atom. The summed E-state index contributed by atoms with van der Waals surface area (Å²) in [5.74, 6) is 0.523. The van der Waals surface area contributed by atoms with Crippen LogP contribution in [0.2, 0.25) is 0 Å². The lowest BCUT2D eigenvalue weighted by molar-refractivity contribution is 0.171. The molecule has 0 aliphatic heterocycles. The third-order valence-corrected chi connectivity index (χ3v) is 2.91. The fraction of sp³-hybridized carbons (Fsp3) is 0.455. The topological polar surface area (TPSA) is 35.2 Å². The van der Waals surface area contributed by atoms with Gasteiger partial charge in [-0.15, -0.1) is 0 Å². The minimum atomic E-state index is -0.378. The van der Waals surface area contributed by atoms with Crippen LogP contribution < -0.4 is 10.5 Å². The van der Waals surface area contributed by atoms with Gasteiger partial charge in [0.1, 0.15) is 11.6 Å². The Morgan fingerprint density at radius 1 is 1.33 bits per heavy atom. The van der Waals surface area contributed by atoms with Gasteiger partial charge < -0.3 is 10.5 Å². The van der Waals surface area contributed by atoms with Crippen LogP contribution in [0.3, 0.4) is 0 Å². The predicted molar refractivity (Wildman–Crippen MR) is 63.4 cm³/mol. The molecule has 84 valence electrons. The molecule has 2 nitrogen and oxygen atoms in total. The van der Waals surface area contributed by atoms with Gasteiger partial charge in [0.05, 0.1) is 16.3 Å². The molecule has 0 saturated carbocycles. The predicted octanol–water partition coefficient (Wildman–Crippen LogP) is 3.59. The SMILES string of the molecule is CC(C)C(C)Oc1cc(Br)c(F)cc1N. The zero-order valence-electron chi connectivity index (χ0n) is 9.05. The molecule has 1 rings (SSSR count). The third-order valence-electron chi connectivity index (χ3n) is 2.30. The van der Waals surface area contributed by atoms with Crippen LogP contribution in [-0.2, 0) is 0 Å². The lowest BCUT2D eigenvalue weighted by Gasteiger charge is -2.19. The van der Waals surface area contributed by atoms with Crippen LogP contribution in [-0.4, -0.2) is 6.10 Å². The molecule has 0 bridgehead atoms. The van der Waals surface area contributed by atoms with Crippen LogP contribution >= 0.6 is 15.9 Å². The number of nitrogen functional groups attached to an aromatic ring is 1.